The number of hydrogen-bond donors (Lipinski definition) is 3. The molecule has 0 bridgehead atoms. The minimum atomic E-state index is 0.750. The van der Waals surface area contributed by atoms with Gasteiger partial charge in [0.25, 0.3) is 0 Å². The van der Waals surface area contributed by atoms with Crippen LogP contribution in [0.3, 0.4) is 0 Å². The van der Waals surface area contributed by atoms with Gasteiger partial charge in [-0.15, -0.1) is 0 Å². The van der Waals surface area contributed by atoms with Crippen LogP contribution in [0, 0.1) is 5.92 Å². The van der Waals surface area contributed by atoms with Gasteiger partial charge in [0.1, 0.15) is 0 Å². The van der Waals surface area contributed by atoms with E-state index in [-0.39, 0.29) is 0 Å². The van der Waals surface area contributed by atoms with Gasteiger partial charge in [0, 0.05) is 7.11 Å². The summed E-state index contributed by atoms with van der Waals surface area (Å²) in [6, 6.07) is 0. The third kappa shape index (κ3) is 55.6. The summed E-state index contributed by atoms with van der Waals surface area (Å²) in [6.07, 6.45) is 6.97. The van der Waals surface area contributed by atoms with Crippen molar-refractivity contribution in [1.82, 2.24) is 0 Å². The summed E-state index contributed by atoms with van der Waals surface area (Å²) in [6.45, 7) is 14.9. The predicted molar refractivity (Wildman–Crippen MR) is 90.4 cm³/mol. The van der Waals surface area contributed by atoms with E-state index in [1.54, 1.807) is 0 Å². The number of aliphatic hydroxyl groups is 1. The minimum absolute atomic E-state index is 0.750. The summed E-state index contributed by atoms with van der Waals surface area (Å²) in [5, 5.41) is 16.1. The zero-order chi connectivity index (χ0) is 15.8. The monoisotopic (exact) mass is 284 g/mol. The molecule has 18 heavy (non-hydrogen) atoms. The maximum atomic E-state index is 7.00. The molecule has 0 amide bonds. The van der Waals surface area contributed by atoms with Crippen molar-refractivity contribution >= 4 is 12.1 Å². The lowest BCUT2D eigenvalue weighted by Gasteiger charge is -2.10. The standard InChI is InChI=1S/C9H20.2C2H6.CH4O.H4N2S/c1-4-7-9(6-3)8-5-2;3*1-2;1-3-2/h9H,4-8H2,1-3H3;2*1-2H3;2H,1H3;1-2H2. The highest BCUT2D eigenvalue weighted by Crippen LogP contribution is 2.16. The number of rotatable bonds is 5. The van der Waals surface area contributed by atoms with Crippen LogP contribution in [0.2, 0.25) is 0 Å². The van der Waals surface area contributed by atoms with Crippen molar-refractivity contribution in [2.45, 2.75) is 80.6 Å². The van der Waals surface area contributed by atoms with Gasteiger partial charge < -0.3 is 5.11 Å². The first-order chi connectivity index (χ1) is 8.76. The second-order valence-electron chi connectivity index (χ2n) is 2.99. The molecule has 0 aliphatic heterocycles. The summed E-state index contributed by atoms with van der Waals surface area (Å²) in [5.74, 6) is 1.01. The molecule has 118 valence electrons. The van der Waals surface area contributed by atoms with Crippen LogP contribution < -0.4 is 10.3 Å². The minimum Gasteiger partial charge on any atom is -0.400 e. The van der Waals surface area contributed by atoms with Gasteiger partial charge in [-0.25, -0.2) is 0 Å². The number of nitrogens with two attached hydrogens (primary N) is 2. The Balaban J connectivity index is -0.0000000524. The Labute approximate surface area is 121 Å². The van der Waals surface area contributed by atoms with Crippen LogP contribution in [0.1, 0.15) is 80.6 Å². The Hall–Kier alpha value is 0.230. The van der Waals surface area contributed by atoms with E-state index < -0.39 is 0 Å². The van der Waals surface area contributed by atoms with Gasteiger partial charge in [0.2, 0.25) is 0 Å². The van der Waals surface area contributed by atoms with Crippen molar-refractivity contribution in [3.63, 3.8) is 0 Å². The van der Waals surface area contributed by atoms with E-state index in [0.717, 1.165) is 25.2 Å². The van der Waals surface area contributed by atoms with Gasteiger partial charge in [-0.3, -0.25) is 10.3 Å². The van der Waals surface area contributed by atoms with E-state index in [1.807, 2.05) is 27.7 Å². The average molecular weight is 285 g/mol. The molecule has 0 aromatic heterocycles. The van der Waals surface area contributed by atoms with Crippen LogP contribution >= 0.6 is 12.1 Å². The van der Waals surface area contributed by atoms with E-state index in [2.05, 4.69) is 31.0 Å². The SMILES string of the molecule is CC.CC.CCCC(CC)CCC.CO.NSN. The molecule has 0 aromatic carbocycles. The van der Waals surface area contributed by atoms with Gasteiger partial charge in [-0.1, -0.05) is 80.6 Å². The summed E-state index contributed by atoms with van der Waals surface area (Å²) >= 11 is 0.750. The molecule has 0 radical (unpaired) electrons. The maximum Gasteiger partial charge on any atom is 0.0319 e. The van der Waals surface area contributed by atoms with Gasteiger partial charge in [-0.2, -0.15) is 0 Å². The molecule has 0 heterocycles. The summed E-state index contributed by atoms with van der Waals surface area (Å²) in [7, 11) is 1.00. The van der Waals surface area contributed by atoms with E-state index in [4.69, 9.17) is 5.11 Å². The lowest BCUT2D eigenvalue weighted by Crippen LogP contribution is -1.96. The Bertz CT molecular complexity index is 70.8. The van der Waals surface area contributed by atoms with Crippen LogP contribution in [0.15, 0.2) is 0 Å². The van der Waals surface area contributed by atoms with Crippen molar-refractivity contribution in [1.29, 1.82) is 0 Å². The average Bonchev–Trinajstić information content (AvgIpc) is 2.46. The van der Waals surface area contributed by atoms with Gasteiger partial charge in [0.05, 0.1) is 0 Å². The second kappa shape index (κ2) is 53.3. The third-order valence-corrected chi connectivity index (χ3v) is 1.97. The van der Waals surface area contributed by atoms with Crippen LogP contribution in [-0.2, 0) is 0 Å². The first-order valence-corrected chi connectivity index (χ1v) is 8.21. The van der Waals surface area contributed by atoms with Gasteiger partial charge >= 0.3 is 0 Å². The van der Waals surface area contributed by atoms with Crippen molar-refractivity contribution in [3.8, 4) is 0 Å². The highest BCUT2D eigenvalue weighted by atomic mass is 32.2. The molecule has 0 aromatic rings. The topological polar surface area (TPSA) is 72.3 Å². The van der Waals surface area contributed by atoms with Gasteiger partial charge in [-0.05, 0) is 18.1 Å². The Morgan fingerprint density at radius 3 is 1.17 bits per heavy atom. The lowest BCUT2D eigenvalue weighted by atomic mass is 9.96. The van der Waals surface area contributed by atoms with Crippen molar-refractivity contribution in [2.75, 3.05) is 7.11 Å². The molecule has 3 nitrogen and oxygen atoms in total. The van der Waals surface area contributed by atoms with Crippen LogP contribution in [-0.4, -0.2) is 12.2 Å². The highest BCUT2D eigenvalue weighted by Gasteiger charge is 2.01. The normalized spacial score (nSPS) is 7.33. The van der Waals surface area contributed by atoms with E-state index in [9.17, 15) is 0 Å². The predicted octanol–water partition coefficient (Wildman–Crippen LogP) is 4.74. The molecule has 4 heteroatoms. The number of aliphatic hydroxyl groups excluding tert-OH is 1. The fourth-order valence-electron chi connectivity index (χ4n) is 1.37. The smallest absolute Gasteiger partial charge is 0.0319 e. The Morgan fingerprint density at radius 2 is 1.06 bits per heavy atom. The zero-order valence-corrected chi connectivity index (χ0v) is 14.9. The zero-order valence-electron chi connectivity index (χ0n) is 14.1. The molecule has 0 unspecified atom stereocenters. The number of hydrogen-bond acceptors (Lipinski definition) is 4. The molecule has 0 aliphatic rings. The molecule has 5 N–H and O–H groups in total. The third-order valence-electron chi connectivity index (χ3n) is 1.97. The second-order valence-corrected chi connectivity index (χ2v) is 3.26. The molecule has 0 atom stereocenters. The first-order valence-electron chi connectivity index (χ1n) is 7.26. The van der Waals surface area contributed by atoms with Crippen molar-refractivity contribution in [2.24, 2.45) is 16.2 Å². The molecule has 0 aliphatic carbocycles. The van der Waals surface area contributed by atoms with Crippen LogP contribution in [0.4, 0.5) is 0 Å². The van der Waals surface area contributed by atoms with E-state index in [1.165, 1.54) is 32.1 Å². The quantitative estimate of drug-likeness (QED) is 0.638. The summed E-state index contributed by atoms with van der Waals surface area (Å²) < 4.78 is 0. The largest absolute Gasteiger partial charge is 0.400 e. The van der Waals surface area contributed by atoms with Crippen LogP contribution in [0.25, 0.3) is 0 Å². The first kappa shape index (κ1) is 30.9. The summed E-state index contributed by atoms with van der Waals surface area (Å²) in [5.41, 5.74) is 0. The lowest BCUT2D eigenvalue weighted by molar-refractivity contribution is 0.399. The molecule has 0 saturated heterocycles. The molecule has 0 rings (SSSR count). The highest BCUT2D eigenvalue weighted by molar-refractivity contribution is 7.94. The molecule has 0 fully saturated rings. The Morgan fingerprint density at radius 1 is 0.833 bits per heavy atom. The summed E-state index contributed by atoms with van der Waals surface area (Å²) in [4.78, 5) is 0. The molecular weight excluding hydrogens is 244 g/mol. The van der Waals surface area contributed by atoms with Crippen molar-refractivity contribution < 1.29 is 5.11 Å². The maximum absolute atomic E-state index is 7.00. The van der Waals surface area contributed by atoms with Crippen molar-refractivity contribution in [3.05, 3.63) is 0 Å². The Kier molecular flexibility index (Phi) is 91.5. The fraction of sp³-hybridized carbons (Fsp3) is 1.00. The molecular formula is C14H40N2OS. The van der Waals surface area contributed by atoms with Gasteiger partial charge in [0.15, 0.2) is 0 Å². The van der Waals surface area contributed by atoms with E-state index in [0.29, 0.717) is 0 Å². The van der Waals surface area contributed by atoms with E-state index >= 15 is 0 Å². The molecule has 0 spiro atoms. The molecule has 0 saturated carbocycles. The van der Waals surface area contributed by atoms with Crippen LogP contribution in [0.5, 0.6) is 0 Å². The fourth-order valence-corrected chi connectivity index (χ4v) is 1.37.